The number of thioether (sulfide) groups is 1. The highest BCUT2D eigenvalue weighted by atomic mass is 32.2. The van der Waals surface area contributed by atoms with Crippen LogP contribution in [0.4, 0.5) is 0 Å². The van der Waals surface area contributed by atoms with Crippen LogP contribution in [-0.2, 0) is 14.4 Å². The van der Waals surface area contributed by atoms with Crippen LogP contribution in [0.2, 0.25) is 0 Å². The molecule has 0 fully saturated rings. The standard InChI is InChI=1S/C28H41N3O4S/c1-20(2)10-8-11-21(3)12-9-13-22(4)16-17-36-19-25(28(35)31-29)30-27(34)24(18-26(32)33)23-14-6-5-7-15-23/h5-7,10,12,14-16,24-25H,8-9,11,13,17-19,29H2,1-4H3,(H,30,34)(H,31,35)(H,32,33)/b21-12+,22-16+/t24?,25-/m0/s1. The molecule has 8 heteroatoms. The molecule has 0 aliphatic carbocycles. The predicted octanol–water partition coefficient (Wildman–Crippen LogP) is 4.87. The fraction of sp³-hybridized carbons (Fsp3) is 0.464. The highest BCUT2D eigenvalue weighted by Gasteiger charge is 2.28. The van der Waals surface area contributed by atoms with Crippen LogP contribution in [-0.4, -0.2) is 40.4 Å². The van der Waals surface area contributed by atoms with Gasteiger partial charge in [-0.1, -0.05) is 65.3 Å². The first kappa shape index (κ1) is 31.2. The molecule has 2 atom stereocenters. The van der Waals surface area contributed by atoms with Crippen molar-refractivity contribution in [2.24, 2.45) is 5.84 Å². The molecule has 1 rings (SSSR count). The summed E-state index contributed by atoms with van der Waals surface area (Å²) in [6.45, 7) is 8.49. The van der Waals surface area contributed by atoms with Gasteiger partial charge in [0, 0.05) is 11.5 Å². The van der Waals surface area contributed by atoms with E-state index >= 15 is 0 Å². The Morgan fingerprint density at radius 2 is 1.56 bits per heavy atom. The van der Waals surface area contributed by atoms with Crippen molar-refractivity contribution in [3.63, 3.8) is 0 Å². The third-order valence-corrected chi connectivity index (χ3v) is 6.60. The van der Waals surface area contributed by atoms with Gasteiger partial charge in [-0.05, 0) is 58.9 Å². The molecule has 0 aromatic heterocycles. The van der Waals surface area contributed by atoms with Gasteiger partial charge >= 0.3 is 5.97 Å². The summed E-state index contributed by atoms with van der Waals surface area (Å²) in [6.07, 6.45) is 10.4. The Kier molecular flexibility index (Phi) is 15.2. The van der Waals surface area contributed by atoms with Crippen LogP contribution in [0.15, 0.2) is 65.3 Å². The topological polar surface area (TPSA) is 122 Å². The van der Waals surface area contributed by atoms with Gasteiger partial charge in [-0.2, -0.15) is 11.8 Å². The molecule has 1 aromatic rings. The maximum Gasteiger partial charge on any atom is 0.304 e. The van der Waals surface area contributed by atoms with Crippen molar-refractivity contribution in [2.75, 3.05) is 11.5 Å². The highest BCUT2D eigenvalue weighted by molar-refractivity contribution is 7.99. The van der Waals surface area contributed by atoms with Crippen molar-refractivity contribution in [1.82, 2.24) is 10.7 Å². The normalized spacial score (nSPS) is 13.5. The molecule has 0 radical (unpaired) electrons. The summed E-state index contributed by atoms with van der Waals surface area (Å²) in [6, 6.07) is 7.81. The predicted molar refractivity (Wildman–Crippen MR) is 148 cm³/mol. The summed E-state index contributed by atoms with van der Waals surface area (Å²) in [7, 11) is 0. The summed E-state index contributed by atoms with van der Waals surface area (Å²) in [5, 5.41) is 11.9. The Hall–Kier alpha value is -2.84. The molecule has 0 aliphatic heterocycles. The van der Waals surface area contributed by atoms with Crippen molar-refractivity contribution in [3.05, 3.63) is 70.8 Å². The zero-order valence-corrected chi connectivity index (χ0v) is 22.7. The zero-order valence-electron chi connectivity index (χ0n) is 21.9. The average molecular weight is 516 g/mol. The van der Waals surface area contributed by atoms with E-state index in [0.29, 0.717) is 17.1 Å². The van der Waals surface area contributed by atoms with Crippen LogP contribution < -0.4 is 16.6 Å². The average Bonchev–Trinajstić information content (AvgIpc) is 2.83. The fourth-order valence-electron chi connectivity index (χ4n) is 3.50. The van der Waals surface area contributed by atoms with Crippen LogP contribution in [0.25, 0.3) is 0 Å². The number of carbonyl (C=O) groups is 3. The Bertz CT molecular complexity index is 937. The van der Waals surface area contributed by atoms with Crippen LogP contribution in [0, 0.1) is 0 Å². The van der Waals surface area contributed by atoms with E-state index in [1.54, 1.807) is 30.3 Å². The van der Waals surface area contributed by atoms with Crippen LogP contribution in [0.1, 0.15) is 71.3 Å². The van der Waals surface area contributed by atoms with Gasteiger partial charge in [-0.3, -0.25) is 19.8 Å². The number of nitrogens with one attached hydrogen (secondary N) is 2. The van der Waals surface area contributed by atoms with Gasteiger partial charge < -0.3 is 10.4 Å². The van der Waals surface area contributed by atoms with E-state index in [2.05, 4.69) is 56.7 Å². The maximum absolute atomic E-state index is 12.9. The lowest BCUT2D eigenvalue weighted by Crippen LogP contribution is -2.51. The number of hydrazine groups is 1. The minimum atomic E-state index is -1.09. The molecule has 36 heavy (non-hydrogen) atoms. The number of carbonyl (C=O) groups excluding carboxylic acids is 2. The van der Waals surface area contributed by atoms with Crippen molar-refractivity contribution >= 4 is 29.5 Å². The minimum absolute atomic E-state index is 0.316. The molecule has 0 aliphatic rings. The summed E-state index contributed by atoms with van der Waals surface area (Å²) >= 11 is 1.50. The van der Waals surface area contributed by atoms with Crippen LogP contribution in [0.3, 0.4) is 0 Å². The van der Waals surface area contributed by atoms with Crippen molar-refractivity contribution in [2.45, 2.75) is 71.8 Å². The van der Waals surface area contributed by atoms with Gasteiger partial charge in [0.1, 0.15) is 6.04 Å². The number of benzene rings is 1. The fourth-order valence-corrected chi connectivity index (χ4v) is 4.51. The number of allylic oxidation sites excluding steroid dienone is 5. The monoisotopic (exact) mass is 515 g/mol. The molecule has 1 aromatic carbocycles. The lowest BCUT2D eigenvalue weighted by atomic mass is 9.94. The first-order valence-corrected chi connectivity index (χ1v) is 13.4. The summed E-state index contributed by atoms with van der Waals surface area (Å²) < 4.78 is 0. The molecular formula is C28H41N3O4S. The first-order chi connectivity index (χ1) is 17.1. The summed E-state index contributed by atoms with van der Waals surface area (Å²) in [4.78, 5) is 36.5. The lowest BCUT2D eigenvalue weighted by Gasteiger charge is -2.21. The minimum Gasteiger partial charge on any atom is -0.481 e. The maximum atomic E-state index is 12.9. The van der Waals surface area contributed by atoms with E-state index in [9.17, 15) is 19.5 Å². The number of hydrogen-bond acceptors (Lipinski definition) is 5. The second kappa shape index (κ2) is 17.6. The van der Waals surface area contributed by atoms with E-state index < -0.39 is 29.7 Å². The quantitative estimate of drug-likeness (QED) is 0.0819. The Labute approximate surface area is 219 Å². The molecule has 198 valence electrons. The van der Waals surface area contributed by atoms with Crippen molar-refractivity contribution in [3.8, 4) is 0 Å². The molecule has 0 saturated heterocycles. The molecular weight excluding hydrogens is 474 g/mol. The molecule has 0 spiro atoms. The molecule has 0 heterocycles. The molecule has 1 unspecified atom stereocenters. The number of carboxylic acids is 1. The molecule has 0 saturated carbocycles. The van der Waals surface area contributed by atoms with Crippen LogP contribution in [0.5, 0.6) is 0 Å². The second-order valence-electron chi connectivity index (χ2n) is 9.13. The number of hydrogen-bond donors (Lipinski definition) is 4. The van der Waals surface area contributed by atoms with Gasteiger partial charge in [-0.15, -0.1) is 0 Å². The van der Waals surface area contributed by atoms with Gasteiger partial charge in [0.15, 0.2) is 0 Å². The Morgan fingerprint density at radius 3 is 2.14 bits per heavy atom. The zero-order chi connectivity index (χ0) is 26.9. The molecule has 0 bridgehead atoms. The third kappa shape index (κ3) is 13.3. The Morgan fingerprint density at radius 1 is 0.944 bits per heavy atom. The third-order valence-electron chi connectivity index (χ3n) is 5.63. The Balaban J connectivity index is 2.61. The number of carboxylic acid groups (broad SMARTS) is 1. The molecule has 5 N–H and O–H groups in total. The van der Waals surface area contributed by atoms with E-state index in [0.717, 1.165) is 25.7 Å². The van der Waals surface area contributed by atoms with E-state index in [-0.39, 0.29) is 6.42 Å². The van der Waals surface area contributed by atoms with Gasteiger partial charge in [0.25, 0.3) is 5.91 Å². The SMILES string of the molecule is CC(C)=CCC/C(C)=C/CC/C(C)=C/CSC[C@H](NC(=O)C(CC(=O)O)c1ccccc1)C(=O)NN. The number of rotatable bonds is 16. The van der Waals surface area contributed by atoms with E-state index in [4.69, 9.17) is 5.84 Å². The smallest absolute Gasteiger partial charge is 0.304 e. The van der Waals surface area contributed by atoms with Crippen molar-refractivity contribution in [1.29, 1.82) is 0 Å². The largest absolute Gasteiger partial charge is 0.481 e. The van der Waals surface area contributed by atoms with E-state index in [1.807, 2.05) is 0 Å². The van der Waals surface area contributed by atoms with Crippen molar-refractivity contribution < 1.29 is 19.5 Å². The first-order valence-electron chi connectivity index (χ1n) is 12.2. The highest BCUT2D eigenvalue weighted by Crippen LogP contribution is 2.20. The van der Waals surface area contributed by atoms with Crippen LogP contribution >= 0.6 is 11.8 Å². The summed E-state index contributed by atoms with van der Waals surface area (Å²) in [5.41, 5.74) is 6.69. The number of amides is 2. The van der Waals surface area contributed by atoms with Gasteiger partial charge in [-0.25, -0.2) is 5.84 Å². The summed E-state index contributed by atoms with van der Waals surface area (Å²) in [5.74, 6) is 3.30. The molecule has 7 nitrogen and oxygen atoms in total. The number of nitrogens with two attached hydrogens (primary N) is 1. The van der Waals surface area contributed by atoms with Gasteiger partial charge in [0.05, 0.1) is 12.3 Å². The van der Waals surface area contributed by atoms with E-state index in [1.165, 1.54) is 28.5 Å². The lowest BCUT2D eigenvalue weighted by molar-refractivity contribution is -0.139. The number of aliphatic carboxylic acids is 1. The molecule has 2 amide bonds. The second-order valence-corrected chi connectivity index (χ2v) is 10.2. The van der Waals surface area contributed by atoms with Gasteiger partial charge in [0.2, 0.25) is 5.91 Å².